The molecule has 2 N–H and O–H groups in total. The monoisotopic (exact) mass is 449 g/mol. The number of piperidine rings is 1. The van der Waals surface area contributed by atoms with Crippen LogP contribution in [0, 0.1) is 0 Å². The van der Waals surface area contributed by atoms with Gasteiger partial charge in [-0.05, 0) is 48.7 Å². The number of nitrogens with one attached hydrogen (secondary N) is 2. The van der Waals surface area contributed by atoms with E-state index in [1.165, 1.54) is 50.2 Å². The standard InChI is InChI=1S/C23H30F3N5O/c1-27-22(30-15-20-9-10-28-21(13-20)32-17-23(24,25)26)29-14-18-5-7-19(8-6-18)16-31-11-3-2-4-12-31/h5-10,13H,2-4,11-12,14-17H2,1H3,(H2,27,29,30). The molecule has 3 rings (SSSR count). The zero-order valence-electron chi connectivity index (χ0n) is 18.3. The molecular weight excluding hydrogens is 419 g/mol. The molecule has 32 heavy (non-hydrogen) atoms. The highest BCUT2D eigenvalue weighted by Gasteiger charge is 2.28. The molecule has 0 radical (unpaired) electrons. The maximum Gasteiger partial charge on any atom is 0.422 e. The van der Waals surface area contributed by atoms with Gasteiger partial charge < -0.3 is 15.4 Å². The maximum absolute atomic E-state index is 12.3. The number of ether oxygens (including phenoxy) is 1. The highest BCUT2D eigenvalue weighted by molar-refractivity contribution is 5.79. The molecule has 174 valence electrons. The lowest BCUT2D eigenvalue weighted by atomic mass is 10.1. The Bertz CT molecular complexity index is 865. The lowest BCUT2D eigenvalue weighted by Crippen LogP contribution is -2.36. The first-order chi connectivity index (χ1) is 15.4. The van der Waals surface area contributed by atoms with E-state index in [1.807, 2.05) is 0 Å². The first kappa shape index (κ1) is 23.8. The molecule has 1 aromatic carbocycles. The summed E-state index contributed by atoms with van der Waals surface area (Å²) in [6.07, 6.45) is 0.938. The number of halogens is 3. The molecule has 6 nitrogen and oxygen atoms in total. The van der Waals surface area contributed by atoms with Crippen molar-refractivity contribution in [2.75, 3.05) is 26.7 Å². The average molecular weight is 450 g/mol. The van der Waals surface area contributed by atoms with Crippen molar-refractivity contribution in [2.45, 2.75) is 45.1 Å². The Morgan fingerprint density at radius 1 is 1.00 bits per heavy atom. The van der Waals surface area contributed by atoms with Crippen molar-refractivity contribution in [2.24, 2.45) is 4.99 Å². The van der Waals surface area contributed by atoms with Gasteiger partial charge in [-0.1, -0.05) is 30.7 Å². The quantitative estimate of drug-likeness (QED) is 0.473. The number of likely N-dealkylation sites (tertiary alicyclic amines) is 1. The van der Waals surface area contributed by atoms with Crippen LogP contribution in [0.15, 0.2) is 47.6 Å². The molecule has 0 unspecified atom stereocenters. The molecule has 0 atom stereocenters. The van der Waals surface area contributed by atoms with Crippen LogP contribution in [0.1, 0.15) is 36.0 Å². The molecule has 2 heterocycles. The van der Waals surface area contributed by atoms with Gasteiger partial charge in [0.05, 0.1) is 0 Å². The highest BCUT2D eigenvalue weighted by Crippen LogP contribution is 2.17. The Balaban J connectivity index is 1.44. The van der Waals surface area contributed by atoms with Gasteiger partial charge in [0, 0.05) is 38.9 Å². The van der Waals surface area contributed by atoms with Crippen molar-refractivity contribution in [3.05, 3.63) is 59.3 Å². The average Bonchev–Trinajstić information content (AvgIpc) is 2.79. The number of rotatable bonds is 8. The number of hydrogen-bond donors (Lipinski definition) is 2. The molecule has 1 aromatic heterocycles. The number of alkyl halides is 3. The van der Waals surface area contributed by atoms with Crippen LogP contribution < -0.4 is 15.4 Å². The number of aliphatic imine (C=N–C) groups is 1. The van der Waals surface area contributed by atoms with Crippen molar-refractivity contribution >= 4 is 5.96 Å². The van der Waals surface area contributed by atoms with Gasteiger partial charge in [0.1, 0.15) is 0 Å². The summed E-state index contributed by atoms with van der Waals surface area (Å²) in [5.74, 6) is 0.533. The van der Waals surface area contributed by atoms with Crippen molar-refractivity contribution in [3.63, 3.8) is 0 Å². The van der Waals surface area contributed by atoms with Crippen LogP contribution >= 0.6 is 0 Å². The third-order valence-corrected chi connectivity index (χ3v) is 5.20. The number of nitrogens with zero attached hydrogens (tertiary/aromatic N) is 3. The zero-order chi connectivity index (χ0) is 22.8. The van der Waals surface area contributed by atoms with Crippen molar-refractivity contribution < 1.29 is 17.9 Å². The summed E-state index contributed by atoms with van der Waals surface area (Å²) in [6.45, 7) is 2.98. The second-order valence-electron chi connectivity index (χ2n) is 7.84. The van der Waals surface area contributed by atoms with Gasteiger partial charge in [0.15, 0.2) is 12.6 Å². The molecule has 2 aromatic rings. The van der Waals surface area contributed by atoms with Crippen molar-refractivity contribution in [1.29, 1.82) is 0 Å². The molecule has 1 aliphatic heterocycles. The third-order valence-electron chi connectivity index (χ3n) is 5.20. The number of benzene rings is 1. The lowest BCUT2D eigenvalue weighted by molar-refractivity contribution is -0.154. The normalized spacial score (nSPS) is 15.4. The Morgan fingerprint density at radius 2 is 1.66 bits per heavy atom. The fourth-order valence-electron chi connectivity index (χ4n) is 3.53. The van der Waals surface area contributed by atoms with Crippen LogP contribution in [-0.2, 0) is 19.6 Å². The van der Waals surface area contributed by atoms with Gasteiger partial charge in [-0.3, -0.25) is 9.89 Å². The number of aromatic nitrogens is 1. The molecule has 0 bridgehead atoms. The second kappa shape index (κ2) is 11.7. The van der Waals surface area contributed by atoms with E-state index in [0.29, 0.717) is 19.0 Å². The lowest BCUT2D eigenvalue weighted by Gasteiger charge is -2.26. The van der Waals surface area contributed by atoms with E-state index >= 15 is 0 Å². The Kier molecular flexibility index (Phi) is 8.72. The number of hydrogen-bond acceptors (Lipinski definition) is 4. The molecule has 0 spiro atoms. The van der Waals surface area contributed by atoms with Gasteiger partial charge in [0.25, 0.3) is 0 Å². The summed E-state index contributed by atoms with van der Waals surface area (Å²) < 4.78 is 41.6. The number of guanidine groups is 1. The summed E-state index contributed by atoms with van der Waals surface area (Å²) >= 11 is 0. The van der Waals surface area contributed by atoms with E-state index in [0.717, 1.165) is 17.7 Å². The summed E-state index contributed by atoms with van der Waals surface area (Å²) in [6, 6.07) is 11.8. The van der Waals surface area contributed by atoms with E-state index in [9.17, 15) is 13.2 Å². The highest BCUT2D eigenvalue weighted by atomic mass is 19.4. The van der Waals surface area contributed by atoms with Crippen LogP contribution in [0.4, 0.5) is 13.2 Å². The minimum absolute atomic E-state index is 0.0609. The van der Waals surface area contributed by atoms with Crippen LogP contribution in [0.5, 0.6) is 5.88 Å². The minimum Gasteiger partial charge on any atom is -0.468 e. The molecule has 0 saturated carbocycles. The van der Waals surface area contributed by atoms with Crippen LogP contribution in [0.3, 0.4) is 0 Å². The largest absolute Gasteiger partial charge is 0.468 e. The van der Waals surface area contributed by atoms with Crippen LogP contribution in [0.2, 0.25) is 0 Å². The van der Waals surface area contributed by atoms with Crippen molar-refractivity contribution in [1.82, 2.24) is 20.5 Å². The molecule has 0 amide bonds. The zero-order valence-corrected chi connectivity index (χ0v) is 18.3. The first-order valence-electron chi connectivity index (χ1n) is 10.8. The molecule has 1 aliphatic rings. The van der Waals surface area contributed by atoms with E-state index in [2.05, 4.69) is 49.8 Å². The van der Waals surface area contributed by atoms with Crippen LogP contribution in [0.25, 0.3) is 0 Å². The smallest absolute Gasteiger partial charge is 0.422 e. The molecule has 1 saturated heterocycles. The van der Waals surface area contributed by atoms with Crippen LogP contribution in [-0.4, -0.2) is 48.8 Å². The van der Waals surface area contributed by atoms with E-state index in [4.69, 9.17) is 4.74 Å². The van der Waals surface area contributed by atoms with E-state index in [-0.39, 0.29) is 5.88 Å². The molecule has 1 fully saturated rings. The maximum atomic E-state index is 12.3. The summed E-state index contributed by atoms with van der Waals surface area (Å²) in [5.41, 5.74) is 3.20. The summed E-state index contributed by atoms with van der Waals surface area (Å²) in [5, 5.41) is 6.40. The van der Waals surface area contributed by atoms with Gasteiger partial charge >= 0.3 is 6.18 Å². The predicted molar refractivity (Wildman–Crippen MR) is 118 cm³/mol. The van der Waals surface area contributed by atoms with Gasteiger partial charge in [-0.25, -0.2) is 4.98 Å². The fraction of sp³-hybridized carbons (Fsp3) is 0.478. The summed E-state index contributed by atoms with van der Waals surface area (Å²) in [4.78, 5) is 10.5. The second-order valence-corrected chi connectivity index (χ2v) is 7.84. The SMILES string of the molecule is CN=C(NCc1ccc(CN2CCCCC2)cc1)NCc1ccnc(OCC(F)(F)F)c1. The number of pyridine rings is 1. The first-order valence-corrected chi connectivity index (χ1v) is 10.8. The third kappa shape index (κ3) is 8.37. The molecular formula is C23H30F3N5O. The van der Waals surface area contributed by atoms with E-state index in [1.54, 1.807) is 13.1 Å². The van der Waals surface area contributed by atoms with Gasteiger partial charge in [-0.2, -0.15) is 13.2 Å². The Morgan fingerprint density at radius 3 is 2.31 bits per heavy atom. The fourth-order valence-corrected chi connectivity index (χ4v) is 3.53. The molecule has 0 aliphatic carbocycles. The topological polar surface area (TPSA) is 61.8 Å². The Hall–Kier alpha value is -2.81. The van der Waals surface area contributed by atoms with Gasteiger partial charge in [-0.15, -0.1) is 0 Å². The van der Waals surface area contributed by atoms with Crippen molar-refractivity contribution in [3.8, 4) is 5.88 Å². The Labute approximate surface area is 186 Å². The summed E-state index contributed by atoms with van der Waals surface area (Å²) in [7, 11) is 1.67. The minimum atomic E-state index is -4.40. The predicted octanol–water partition coefficient (Wildman–Crippen LogP) is 3.87. The van der Waals surface area contributed by atoms with E-state index < -0.39 is 12.8 Å². The molecule has 9 heteroatoms. The van der Waals surface area contributed by atoms with Gasteiger partial charge in [0.2, 0.25) is 5.88 Å².